The molecular weight excluding hydrogens is 366 g/mol. The van der Waals surface area contributed by atoms with Gasteiger partial charge in [0.2, 0.25) is 0 Å². The summed E-state index contributed by atoms with van der Waals surface area (Å²) < 4.78 is 83.7. The van der Waals surface area contributed by atoms with Crippen molar-refractivity contribution < 1.29 is 31.1 Å². The Balaban J connectivity index is 2.38. The lowest BCUT2D eigenvalue weighted by Gasteiger charge is -2.19. The number of ether oxygens (including phenoxy) is 1. The Kier molecular flexibility index (Phi) is 4.18. The van der Waals surface area contributed by atoms with Crippen molar-refractivity contribution in [3.8, 4) is 5.75 Å². The van der Waals surface area contributed by atoms with E-state index in [-0.39, 0.29) is 4.47 Å². The quantitative estimate of drug-likeness (QED) is 0.537. The average Bonchev–Trinajstić information content (AvgIpc) is 2.39. The summed E-state index contributed by atoms with van der Waals surface area (Å²) in [4.78, 5) is 0. The highest BCUT2D eigenvalue weighted by atomic mass is 79.9. The summed E-state index contributed by atoms with van der Waals surface area (Å²) in [7, 11) is 0. The molecule has 0 radical (unpaired) electrons. The van der Waals surface area contributed by atoms with Crippen molar-refractivity contribution in [2.75, 3.05) is 0 Å². The van der Waals surface area contributed by atoms with E-state index >= 15 is 0 Å². The maximum atomic E-state index is 13.8. The van der Waals surface area contributed by atoms with Crippen molar-refractivity contribution in [3.05, 3.63) is 63.6 Å². The van der Waals surface area contributed by atoms with Crippen molar-refractivity contribution in [2.24, 2.45) is 0 Å². The summed E-state index contributed by atoms with van der Waals surface area (Å²) in [5.41, 5.74) is -1.37. The first-order valence-corrected chi connectivity index (χ1v) is 6.17. The molecule has 0 aromatic heterocycles. The molecule has 2 rings (SSSR count). The highest BCUT2D eigenvalue weighted by Crippen LogP contribution is 2.35. The molecule has 8 heteroatoms. The number of halogens is 7. The molecule has 0 saturated carbocycles. The molecule has 0 amide bonds. The molecule has 0 heterocycles. The van der Waals surface area contributed by atoms with E-state index in [2.05, 4.69) is 20.7 Å². The largest absolute Gasteiger partial charge is 0.429 e. The Hall–Kier alpha value is -1.70. The zero-order valence-electron chi connectivity index (χ0n) is 9.94. The summed E-state index contributed by atoms with van der Waals surface area (Å²) in [6.45, 7) is 0. The maximum absolute atomic E-state index is 13.8. The second kappa shape index (κ2) is 5.59. The van der Waals surface area contributed by atoms with Gasteiger partial charge in [-0.25, -0.2) is 17.6 Å². The van der Waals surface area contributed by atoms with Crippen LogP contribution in [0, 0.1) is 23.3 Å². The SMILES string of the molecule is Fc1ccc(OC(F)(F)c2ccc(Br)c(F)c2F)cc1F. The lowest BCUT2D eigenvalue weighted by molar-refractivity contribution is -0.187. The van der Waals surface area contributed by atoms with Crippen molar-refractivity contribution >= 4 is 15.9 Å². The Morgan fingerprint density at radius 1 is 0.857 bits per heavy atom. The van der Waals surface area contributed by atoms with Crippen LogP contribution in [-0.2, 0) is 6.11 Å². The van der Waals surface area contributed by atoms with Crippen LogP contribution in [0.5, 0.6) is 5.75 Å². The van der Waals surface area contributed by atoms with E-state index in [1.54, 1.807) is 0 Å². The Labute approximate surface area is 123 Å². The second-order valence-corrected chi connectivity index (χ2v) is 4.77. The van der Waals surface area contributed by atoms with Crippen LogP contribution in [0.4, 0.5) is 26.3 Å². The third-order valence-corrected chi connectivity index (χ3v) is 3.10. The standard InChI is InChI=1S/C13H5BrF6O/c14-8-3-2-7(11(17)12(8)18)13(19,20)21-6-1-4-9(15)10(16)5-6/h1-5H. The minimum atomic E-state index is -4.27. The topological polar surface area (TPSA) is 9.23 Å². The normalized spacial score (nSPS) is 11.6. The first kappa shape index (κ1) is 15.7. The number of hydrogen-bond donors (Lipinski definition) is 0. The van der Waals surface area contributed by atoms with E-state index in [0.717, 1.165) is 12.1 Å². The molecule has 0 spiro atoms. The molecule has 0 unspecified atom stereocenters. The predicted molar refractivity (Wildman–Crippen MR) is 64.9 cm³/mol. The van der Waals surface area contributed by atoms with Crippen LogP contribution in [0.3, 0.4) is 0 Å². The van der Waals surface area contributed by atoms with Gasteiger partial charge in [0, 0.05) is 6.07 Å². The highest BCUT2D eigenvalue weighted by molar-refractivity contribution is 9.10. The van der Waals surface area contributed by atoms with Gasteiger partial charge in [0.15, 0.2) is 23.3 Å². The molecule has 0 saturated heterocycles. The number of benzene rings is 2. The van der Waals surface area contributed by atoms with Gasteiger partial charge in [0.1, 0.15) is 11.3 Å². The summed E-state index contributed by atoms with van der Waals surface area (Å²) in [6.07, 6.45) is -4.27. The fourth-order valence-electron chi connectivity index (χ4n) is 1.49. The lowest BCUT2D eigenvalue weighted by atomic mass is 10.2. The molecule has 0 aliphatic rings. The molecule has 2 aromatic carbocycles. The van der Waals surface area contributed by atoms with Crippen LogP contribution in [-0.4, -0.2) is 0 Å². The second-order valence-electron chi connectivity index (χ2n) is 3.92. The zero-order chi connectivity index (χ0) is 15.8. The zero-order valence-corrected chi connectivity index (χ0v) is 11.5. The van der Waals surface area contributed by atoms with Gasteiger partial charge in [-0.15, -0.1) is 0 Å². The molecule has 0 fully saturated rings. The van der Waals surface area contributed by atoms with E-state index in [4.69, 9.17) is 0 Å². The van der Waals surface area contributed by atoms with Crippen molar-refractivity contribution in [2.45, 2.75) is 6.11 Å². The third kappa shape index (κ3) is 3.15. The van der Waals surface area contributed by atoms with Gasteiger partial charge in [-0.2, -0.15) is 8.78 Å². The fraction of sp³-hybridized carbons (Fsp3) is 0.0769. The summed E-state index contributed by atoms with van der Waals surface area (Å²) in [6, 6.07) is 3.16. The Bertz CT molecular complexity index is 689. The van der Waals surface area contributed by atoms with E-state index in [9.17, 15) is 26.3 Å². The van der Waals surface area contributed by atoms with Crippen LogP contribution in [0.2, 0.25) is 0 Å². The summed E-state index contributed by atoms with van der Waals surface area (Å²) >= 11 is 2.64. The number of rotatable bonds is 3. The Morgan fingerprint density at radius 2 is 1.52 bits per heavy atom. The fourth-order valence-corrected chi connectivity index (χ4v) is 1.80. The maximum Gasteiger partial charge on any atom is 0.429 e. The molecule has 1 nitrogen and oxygen atoms in total. The van der Waals surface area contributed by atoms with Gasteiger partial charge < -0.3 is 4.74 Å². The minimum Gasteiger partial charge on any atom is -0.429 e. The number of hydrogen-bond acceptors (Lipinski definition) is 1. The van der Waals surface area contributed by atoms with Crippen LogP contribution >= 0.6 is 15.9 Å². The van der Waals surface area contributed by atoms with Crippen LogP contribution in [0.25, 0.3) is 0 Å². The van der Waals surface area contributed by atoms with Crippen LogP contribution in [0.1, 0.15) is 5.56 Å². The number of alkyl halides is 2. The van der Waals surface area contributed by atoms with Crippen LogP contribution < -0.4 is 4.74 Å². The van der Waals surface area contributed by atoms with E-state index in [1.165, 1.54) is 0 Å². The molecule has 112 valence electrons. The minimum absolute atomic E-state index is 0.340. The van der Waals surface area contributed by atoms with Gasteiger partial charge >= 0.3 is 6.11 Å². The third-order valence-electron chi connectivity index (χ3n) is 2.49. The highest BCUT2D eigenvalue weighted by Gasteiger charge is 2.39. The van der Waals surface area contributed by atoms with E-state index < -0.39 is 40.7 Å². The monoisotopic (exact) mass is 370 g/mol. The Morgan fingerprint density at radius 3 is 2.14 bits per heavy atom. The van der Waals surface area contributed by atoms with Gasteiger partial charge in [-0.3, -0.25) is 0 Å². The first-order valence-electron chi connectivity index (χ1n) is 5.38. The molecule has 0 atom stereocenters. The molecular formula is C13H5BrF6O. The predicted octanol–water partition coefficient (Wildman–Crippen LogP) is 5.13. The molecule has 0 N–H and O–H groups in total. The average molecular weight is 371 g/mol. The molecule has 0 aliphatic heterocycles. The van der Waals surface area contributed by atoms with Crippen molar-refractivity contribution in [3.63, 3.8) is 0 Å². The molecule has 2 aromatic rings. The van der Waals surface area contributed by atoms with Crippen molar-refractivity contribution in [1.29, 1.82) is 0 Å². The van der Waals surface area contributed by atoms with E-state index in [0.29, 0.717) is 18.2 Å². The van der Waals surface area contributed by atoms with Gasteiger partial charge in [-0.1, -0.05) is 0 Å². The summed E-state index contributed by atoms with van der Waals surface area (Å²) in [5, 5.41) is 0. The van der Waals surface area contributed by atoms with Crippen molar-refractivity contribution in [1.82, 2.24) is 0 Å². The van der Waals surface area contributed by atoms with Gasteiger partial charge in [0.25, 0.3) is 0 Å². The van der Waals surface area contributed by atoms with Gasteiger partial charge in [0.05, 0.1) is 4.47 Å². The lowest BCUT2D eigenvalue weighted by Crippen LogP contribution is -2.24. The molecule has 0 bridgehead atoms. The van der Waals surface area contributed by atoms with Crippen LogP contribution in [0.15, 0.2) is 34.8 Å². The smallest absolute Gasteiger partial charge is 0.429 e. The summed E-state index contributed by atoms with van der Waals surface area (Å²) in [5.74, 6) is -6.73. The van der Waals surface area contributed by atoms with E-state index in [1.807, 2.05) is 0 Å². The first-order chi connectivity index (χ1) is 9.72. The van der Waals surface area contributed by atoms with Gasteiger partial charge in [-0.05, 0) is 40.2 Å². The molecule has 0 aliphatic carbocycles. The molecule has 21 heavy (non-hydrogen) atoms.